The van der Waals surface area contributed by atoms with Crippen LogP contribution in [0.1, 0.15) is 18.9 Å². The van der Waals surface area contributed by atoms with Crippen LogP contribution in [-0.2, 0) is 6.54 Å². The molecule has 0 saturated carbocycles. The van der Waals surface area contributed by atoms with Crippen LogP contribution < -0.4 is 5.32 Å². The van der Waals surface area contributed by atoms with E-state index >= 15 is 0 Å². The van der Waals surface area contributed by atoms with Crippen molar-refractivity contribution in [2.24, 2.45) is 0 Å². The zero-order valence-electron chi connectivity index (χ0n) is 9.53. The quantitative estimate of drug-likeness (QED) is 0.753. The molecule has 1 atom stereocenters. The first-order valence-electron chi connectivity index (χ1n) is 5.56. The zero-order chi connectivity index (χ0) is 11.4. The van der Waals surface area contributed by atoms with Crippen LogP contribution in [0.25, 0.3) is 10.9 Å². The molecule has 84 valence electrons. The molecule has 16 heavy (non-hydrogen) atoms. The standard InChI is InChI=1S/C13H17N3/c1-3-4-10(2)14-8-11-5-6-12-9-15-16-13(12)7-11/h3,5-7,9-10,14H,1,4,8H2,2H3,(H,15,16). The van der Waals surface area contributed by atoms with E-state index in [2.05, 4.69) is 47.2 Å². The van der Waals surface area contributed by atoms with E-state index in [1.807, 2.05) is 12.3 Å². The predicted molar refractivity (Wildman–Crippen MR) is 67.2 cm³/mol. The van der Waals surface area contributed by atoms with Gasteiger partial charge in [0.05, 0.1) is 11.7 Å². The molecule has 0 amide bonds. The third kappa shape index (κ3) is 2.49. The fourth-order valence-electron chi connectivity index (χ4n) is 1.72. The summed E-state index contributed by atoms with van der Waals surface area (Å²) < 4.78 is 0. The van der Waals surface area contributed by atoms with Crippen LogP contribution in [0.5, 0.6) is 0 Å². The Morgan fingerprint density at radius 3 is 3.25 bits per heavy atom. The predicted octanol–water partition coefficient (Wildman–Crippen LogP) is 2.62. The van der Waals surface area contributed by atoms with Crippen molar-refractivity contribution in [1.82, 2.24) is 15.5 Å². The van der Waals surface area contributed by atoms with Crippen LogP contribution in [0.2, 0.25) is 0 Å². The lowest BCUT2D eigenvalue weighted by molar-refractivity contribution is 0.554. The second kappa shape index (κ2) is 4.94. The molecule has 0 spiro atoms. The molecule has 0 aliphatic heterocycles. The number of rotatable bonds is 5. The van der Waals surface area contributed by atoms with Gasteiger partial charge in [-0.3, -0.25) is 5.10 Å². The molecule has 3 heteroatoms. The first-order chi connectivity index (χ1) is 7.79. The molecule has 2 aromatic rings. The van der Waals surface area contributed by atoms with Crippen molar-refractivity contribution >= 4 is 10.9 Å². The van der Waals surface area contributed by atoms with Gasteiger partial charge in [-0.2, -0.15) is 5.10 Å². The second-order valence-electron chi connectivity index (χ2n) is 4.10. The van der Waals surface area contributed by atoms with E-state index in [4.69, 9.17) is 0 Å². The summed E-state index contributed by atoms with van der Waals surface area (Å²) in [6.45, 7) is 6.78. The van der Waals surface area contributed by atoms with Gasteiger partial charge in [0.25, 0.3) is 0 Å². The molecule has 0 aliphatic rings. The van der Waals surface area contributed by atoms with Crippen molar-refractivity contribution in [2.75, 3.05) is 0 Å². The molecule has 1 heterocycles. The lowest BCUT2D eigenvalue weighted by Crippen LogP contribution is -2.24. The number of hydrogen-bond donors (Lipinski definition) is 2. The largest absolute Gasteiger partial charge is 0.310 e. The Kier molecular flexibility index (Phi) is 3.37. The highest BCUT2D eigenvalue weighted by atomic mass is 15.1. The first kappa shape index (κ1) is 10.9. The molecule has 3 nitrogen and oxygen atoms in total. The van der Waals surface area contributed by atoms with Gasteiger partial charge in [0.2, 0.25) is 0 Å². The van der Waals surface area contributed by atoms with Crippen LogP contribution in [0, 0.1) is 0 Å². The van der Waals surface area contributed by atoms with E-state index in [-0.39, 0.29) is 0 Å². The molecule has 0 bridgehead atoms. The van der Waals surface area contributed by atoms with Crippen molar-refractivity contribution in [1.29, 1.82) is 0 Å². The minimum Gasteiger partial charge on any atom is -0.310 e. The monoisotopic (exact) mass is 215 g/mol. The van der Waals surface area contributed by atoms with Gasteiger partial charge < -0.3 is 5.32 Å². The van der Waals surface area contributed by atoms with Gasteiger partial charge in [0.1, 0.15) is 0 Å². The van der Waals surface area contributed by atoms with Gasteiger partial charge in [0.15, 0.2) is 0 Å². The van der Waals surface area contributed by atoms with E-state index in [0.717, 1.165) is 23.9 Å². The summed E-state index contributed by atoms with van der Waals surface area (Å²) in [5.74, 6) is 0. The van der Waals surface area contributed by atoms with Crippen LogP contribution in [0.4, 0.5) is 0 Å². The van der Waals surface area contributed by atoms with E-state index in [9.17, 15) is 0 Å². The summed E-state index contributed by atoms with van der Waals surface area (Å²) in [6, 6.07) is 6.82. The number of nitrogens with one attached hydrogen (secondary N) is 2. The number of fused-ring (bicyclic) bond motifs is 1. The molecule has 0 fully saturated rings. The molecular formula is C13H17N3. The van der Waals surface area contributed by atoms with Crippen LogP contribution in [0.15, 0.2) is 37.1 Å². The van der Waals surface area contributed by atoms with Crippen LogP contribution in [-0.4, -0.2) is 16.2 Å². The Hall–Kier alpha value is -1.61. The van der Waals surface area contributed by atoms with E-state index in [0.29, 0.717) is 6.04 Å². The average molecular weight is 215 g/mol. The number of nitrogens with zero attached hydrogens (tertiary/aromatic N) is 1. The van der Waals surface area contributed by atoms with Gasteiger partial charge in [-0.1, -0.05) is 18.2 Å². The summed E-state index contributed by atoms with van der Waals surface area (Å²) in [5, 5.41) is 11.6. The third-order valence-corrected chi connectivity index (χ3v) is 2.68. The minimum atomic E-state index is 0.468. The highest BCUT2D eigenvalue weighted by molar-refractivity contribution is 5.78. The summed E-state index contributed by atoms with van der Waals surface area (Å²) >= 11 is 0. The average Bonchev–Trinajstić information content (AvgIpc) is 2.74. The van der Waals surface area contributed by atoms with Gasteiger partial charge in [-0.25, -0.2) is 0 Å². The SMILES string of the molecule is C=CCC(C)NCc1ccc2cn[nH]c2c1. The fraction of sp³-hybridized carbons (Fsp3) is 0.308. The Balaban J connectivity index is 2.01. The van der Waals surface area contributed by atoms with Gasteiger partial charge in [0, 0.05) is 18.0 Å². The molecule has 0 saturated heterocycles. The lowest BCUT2D eigenvalue weighted by Gasteiger charge is -2.11. The molecule has 1 unspecified atom stereocenters. The molecule has 2 N–H and O–H groups in total. The minimum absolute atomic E-state index is 0.468. The Labute approximate surface area is 95.6 Å². The Morgan fingerprint density at radius 2 is 2.44 bits per heavy atom. The number of H-pyrrole nitrogens is 1. The Bertz CT molecular complexity index is 473. The smallest absolute Gasteiger partial charge is 0.0653 e. The van der Waals surface area contributed by atoms with E-state index in [1.165, 1.54) is 5.56 Å². The van der Waals surface area contributed by atoms with Crippen molar-refractivity contribution in [3.8, 4) is 0 Å². The highest BCUT2D eigenvalue weighted by Crippen LogP contribution is 2.12. The number of aromatic nitrogens is 2. The number of aromatic amines is 1. The summed E-state index contributed by atoms with van der Waals surface area (Å²) in [5.41, 5.74) is 2.36. The van der Waals surface area contributed by atoms with Gasteiger partial charge in [-0.15, -0.1) is 6.58 Å². The summed E-state index contributed by atoms with van der Waals surface area (Å²) in [4.78, 5) is 0. The van der Waals surface area contributed by atoms with Crippen molar-refractivity contribution < 1.29 is 0 Å². The molecule has 1 aromatic heterocycles. The molecule has 0 radical (unpaired) electrons. The second-order valence-corrected chi connectivity index (χ2v) is 4.10. The Morgan fingerprint density at radius 1 is 1.56 bits per heavy atom. The normalized spacial score (nSPS) is 12.8. The molecule has 1 aromatic carbocycles. The van der Waals surface area contributed by atoms with Gasteiger partial charge >= 0.3 is 0 Å². The topological polar surface area (TPSA) is 40.7 Å². The maximum Gasteiger partial charge on any atom is 0.0653 e. The van der Waals surface area contributed by atoms with Gasteiger partial charge in [-0.05, 0) is 25.0 Å². The maximum atomic E-state index is 4.01. The number of benzene rings is 1. The summed E-state index contributed by atoms with van der Waals surface area (Å²) in [6.07, 6.45) is 4.77. The molecule has 0 aliphatic carbocycles. The lowest BCUT2D eigenvalue weighted by atomic mass is 10.1. The van der Waals surface area contributed by atoms with Crippen LogP contribution in [0.3, 0.4) is 0 Å². The van der Waals surface area contributed by atoms with Crippen LogP contribution >= 0.6 is 0 Å². The number of hydrogen-bond acceptors (Lipinski definition) is 2. The van der Waals surface area contributed by atoms with E-state index < -0.39 is 0 Å². The van der Waals surface area contributed by atoms with Crippen molar-refractivity contribution in [3.63, 3.8) is 0 Å². The maximum absolute atomic E-state index is 4.01. The zero-order valence-corrected chi connectivity index (χ0v) is 9.53. The van der Waals surface area contributed by atoms with Crippen molar-refractivity contribution in [2.45, 2.75) is 25.9 Å². The molecule has 2 rings (SSSR count). The van der Waals surface area contributed by atoms with E-state index in [1.54, 1.807) is 0 Å². The molecular weight excluding hydrogens is 198 g/mol. The third-order valence-electron chi connectivity index (χ3n) is 2.68. The first-order valence-corrected chi connectivity index (χ1v) is 5.56. The van der Waals surface area contributed by atoms with Crippen molar-refractivity contribution in [3.05, 3.63) is 42.6 Å². The fourth-order valence-corrected chi connectivity index (χ4v) is 1.72. The summed E-state index contributed by atoms with van der Waals surface area (Å²) in [7, 11) is 0. The highest BCUT2D eigenvalue weighted by Gasteiger charge is 2.01.